The highest BCUT2D eigenvalue weighted by molar-refractivity contribution is 6.31. The summed E-state index contributed by atoms with van der Waals surface area (Å²) in [5, 5.41) is 13.1. The molecular weight excluding hydrogens is 364 g/mol. The molecule has 1 aromatic heterocycles. The average molecular weight is 379 g/mol. The van der Waals surface area contributed by atoms with Crippen LogP contribution in [0.15, 0.2) is 54.7 Å². The third-order valence-corrected chi connectivity index (χ3v) is 5.80. The third-order valence-electron chi connectivity index (χ3n) is 5.46. The van der Waals surface area contributed by atoms with Crippen molar-refractivity contribution in [3.63, 3.8) is 0 Å². The summed E-state index contributed by atoms with van der Waals surface area (Å²) in [5.74, 6) is 0.136. The van der Waals surface area contributed by atoms with Gasteiger partial charge >= 0.3 is 6.03 Å². The predicted octanol–water partition coefficient (Wildman–Crippen LogP) is 3.66. The van der Waals surface area contributed by atoms with Gasteiger partial charge in [0.25, 0.3) is 5.91 Å². The van der Waals surface area contributed by atoms with Gasteiger partial charge in [0.05, 0.1) is 6.20 Å². The molecule has 7 heteroatoms. The Hall–Kier alpha value is -2.99. The summed E-state index contributed by atoms with van der Waals surface area (Å²) >= 11 is 6.28. The van der Waals surface area contributed by atoms with E-state index >= 15 is 0 Å². The quantitative estimate of drug-likeness (QED) is 0.690. The lowest BCUT2D eigenvalue weighted by Crippen LogP contribution is -2.56. The minimum atomic E-state index is -0.889. The molecule has 1 aliphatic heterocycles. The van der Waals surface area contributed by atoms with E-state index in [9.17, 15) is 9.59 Å². The summed E-state index contributed by atoms with van der Waals surface area (Å²) in [5.41, 5.74) is 0.120. The number of carbonyl (C=O) groups is 2. The second-order valence-electron chi connectivity index (χ2n) is 7.03. The first kappa shape index (κ1) is 16.2. The van der Waals surface area contributed by atoms with Crippen LogP contribution >= 0.6 is 11.6 Å². The summed E-state index contributed by atoms with van der Waals surface area (Å²) in [4.78, 5) is 26.9. The first-order valence-corrected chi connectivity index (χ1v) is 9.08. The minimum absolute atomic E-state index is 0.140. The van der Waals surface area contributed by atoms with Gasteiger partial charge in [0.2, 0.25) is 0 Å². The molecule has 0 atom stereocenters. The number of nitrogens with zero attached hydrogens (tertiary/aromatic N) is 3. The molecule has 134 valence electrons. The van der Waals surface area contributed by atoms with Gasteiger partial charge in [-0.05, 0) is 30.4 Å². The number of rotatable bonds is 2. The first-order chi connectivity index (χ1) is 13.1. The fourth-order valence-electron chi connectivity index (χ4n) is 4.07. The molecule has 3 aromatic rings. The molecule has 5 rings (SSSR count). The molecule has 0 unspecified atom stereocenters. The van der Waals surface area contributed by atoms with Crippen LogP contribution in [0.3, 0.4) is 0 Å². The number of aromatic nitrogens is 2. The number of imide groups is 1. The highest BCUT2D eigenvalue weighted by atomic mass is 35.5. The maximum Gasteiger partial charge on any atom is 0.331 e. The number of carbonyl (C=O) groups excluding carboxylic acids is 2. The largest absolute Gasteiger partial charge is 0.331 e. The van der Waals surface area contributed by atoms with Crippen molar-refractivity contribution < 1.29 is 9.59 Å². The van der Waals surface area contributed by atoms with Crippen LogP contribution in [0.4, 0.5) is 10.6 Å². The van der Waals surface area contributed by atoms with Crippen molar-refractivity contribution >= 4 is 40.1 Å². The molecule has 1 aliphatic carbocycles. The van der Waals surface area contributed by atoms with Gasteiger partial charge in [-0.15, -0.1) is 5.10 Å². The number of amides is 3. The molecular formula is C20H15ClN4O2. The number of hydrogen-bond acceptors (Lipinski definition) is 4. The molecule has 2 aromatic carbocycles. The standard InChI is InChI=1S/C20H15ClN4O2/c21-16-8-4-3-6-14(16)13-9-20(10-13)18(26)25(19(27)23-20)17-15-7-2-1-5-12(15)11-22-24-17/h1-8,11,13H,9-10H2,(H,23,27). The van der Waals surface area contributed by atoms with Crippen LogP contribution in [0.1, 0.15) is 24.3 Å². The van der Waals surface area contributed by atoms with Crippen LogP contribution in [0.25, 0.3) is 10.8 Å². The van der Waals surface area contributed by atoms with Crippen LogP contribution < -0.4 is 10.2 Å². The van der Waals surface area contributed by atoms with Gasteiger partial charge in [-0.3, -0.25) is 4.79 Å². The lowest BCUT2D eigenvalue weighted by molar-refractivity contribution is -0.125. The molecule has 27 heavy (non-hydrogen) atoms. The number of benzene rings is 2. The number of halogens is 1. The van der Waals surface area contributed by atoms with E-state index in [1.807, 2.05) is 48.5 Å². The lowest BCUT2D eigenvalue weighted by Gasteiger charge is -2.43. The third kappa shape index (κ3) is 2.33. The minimum Gasteiger partial charge on any atom is -0.323 e. The molecule has 0 radical (unpaired) electrons. The predicted molar refractivity (Wildman–Crippen MR) is 102 cm³/mol. The summed E-state index contributed by atoms with van der Waals surface area (Å²) in [6, 6.07) is 14.6. The fraction of sp³-hybridized carbons (Fsp3) is 0.200. The summed E-state index contributed by atoms with van der Waals surface area (Å²) in [6.07, 6.45) is 2.66. The molecule has 1 saturated carbocycles. The Labute approximate surface area is 160 Å². The number of hydrogen-bond donors (Lipinski definition) is 1. The van der Waals surface area contributed by atoms with E-state index in [-0.39, 0.29) is 17.6 Å². The van der Waals surface area contributed by atoms with Crippen molar-refractivity contribution in [2.45, 2.75) is 24.3 Å². The summed E-state index contributed by atoms with van der Waals surface area (Å²) in [7, 11) is 0. The Bertz CT molecular complexity index is 1090. The maximum absolute atomic E-state index is 13.2. The van der Waals surface area contributed by atoms with Crippen LogP contribution in [0.5, 0.6) is 0 Å². The molecule has 2 heterocycles. The Balaban J connectivity index is 1.47. The number of nitrogens with one attached hydrogen (secondary N) is 1. The van der Waals surface area contributed by atoms with Crippen LogP contribution in [0.2, 0.25) is 5.02 Å². The van der Waals surface area contributed by atoms with Gasteiger partial charge in [-0.25, -0.2) is 9.69 Å². The Morgan fingerprint density at radius 2 is 1.81 bits per heavy atom. The zero-order valence-electron chi connectivity index (χ0n) is 14.2. The lowest BCUT2D eigenvalue weighted by atomic mass is 9.65. The van der Waals surface area contributed by atoms with Crippen molar-refractivity contribution in [2.24, 2.45) is 0 Å². The molecule has 0 bridgehead atoms. The van der Waals surface area contributed by atoms with Crippen LogP contribution in [-0.2, 0) is 4.79 Å². The van der Waals surface area contributed by atoms with E-state index in [0.29, 0.717) is 17.9 Å². The SMILES string of the molecule is O=C1NC2(CC(c3ccccc3Cl)C2)C(=O)N1c1nncc2ccccc12. The van der Waals surface area contributed by atoms with Crippen LogP contribution in [0, 0.1) is 0 Å². The molecule has 6 nitrogen and oxygen atoms in total. The van der Waals surface area contributed by atoms with Gasteiger partial charge in [-0.1, -0.05) is 54.1 Å². The Morgan fingerprint density at radius 3 is 2.63 bits per heavy atom. The molecule has 3 amide bonds. The van der Waals surface area contributed by atoms with Gasteiger partial charge < -0.3 is 5.32 Å². The van der Waals surface area contributed by atoms with Gasteiger partial charge in [-0.2, -0.15) is 5.10 Å². The first-order valence-electron chi connectivity index (χ1n) is 8.71. The summed E-state index contributed by atoms with van der Waals surface area (Å²) in [6.45, 7) is 0. The fourth-order valence-corrected chi connectivity index (χ4v) is 4.36. The molecule has 1 spiro atoms. The van der Waals surface area contributed by atoms with Crippen LogP contribution in [-0.4, -0.2) is 27.7 Å². The van der Waals surface area contributed by atoms with E-state index < -0.39 is 11.6 Å². The molecule has 1 N–H and O–H groups in total. The van der Waals surface area contributed by atoms with Crippen molar-refractivity contribution in [3.8, 4) is 0 Å². The van der Waals surface area contributed by atoms with E-state index in [2.05, 4.69) is 15.5 Å². The maximum atomic E-state index is 13.2. The number of urea groups is 1. The van der Waals surface area contributed by atoms with E-state index in [1.165, 1.54) is 0 Å². The Morgan fingerprint density at radius 1 is 1.07 bits per heavy atom. The summed E-state index contributed by atoms with van der Waals surface area (Å²) < 4.78 is 0. The Kier molecular flexibility index (Phi) is 3.45. The normalized spacial score (nSPS) is 24.3. The highest BCUT2D eigenvalue weighted by Crippen LogP contribution is 2.50. The molecule has 1 saturated heterocycles. The molecule has 2 aliphatic rings. The number of fused-ring (bicyclic) bond motifs is 1. The van der Waals surface area contributed by atoms with Crippen molar-refractivity contribution in [1.82, 2.24) is 15.5 Å². The van der Waals surface area contributed by atoms with Gasteiger partial charge in [0, 0.05) is 15.8 Å². The topological polar surface area (TPSA) is 75.2 Å². The van der Waals surface area contributed by atoms with Crippen molar-refractivity contribution in [3.05, 3.63) is 65.3 Å². The zero-order chi connectivity index (χ0) is 18.6. The van der Waals surface area contributed by atoms with E-state index in [1.54, 1.807) is 6.20 Å². The second-order valence-corrected chi connectivity index (χ2v) is 7.44. The van der Waals surface area contributed by atoms with Gasteiger partial charge in [0.15, 0.2) is 5.82 Å². The zero-order valence-corrected chi connectivity index (χ0v) is 15.0. The van der Waals surface area contributed by atoms with Gasteiger partial charge in [0.1, 0.15) is 5.54 Å². The molecule has 2 fully saturated rings. The number of anilines is 1. The van der Waals surface area contributed by atoms with Crippen molar-refractivity contribution in [1.29, 1.82) is 0 Å². The highest BCUT2D eigenvalue weighted by Gasteiger charge is 2.60. The van der Waals surface area contributed by atoms with E-state index in [0.717, 1.165) is 21.2 Å². The second kappa shape index (κ2) is 5.76. The smallest absolute Gasteiger partial charge is 0.323 e. The van der Waals surface area contributed by atoms with E-state index in [4.69, 9.17) is 11.6 Å². The average Bonchev–Trinajstić information content (AvgIpc) is 2.91. The van der Waals surface area contributed by atoms with Crippen molar-refractivity contribution in [2.75, 3.05) is 4.90 Å². The monoisotopic (exact) mass is 378 g/mol.